The first kappa shape index (κ1) is 65.4. The summed E-state index contributed by atoms with van der Waals surface area (Å²) in [4.78, 5) is 152. The van der Waals surface area contributed by atoms with Crippen LogP contribution in [0.2, 0.25) is 0 Å². The second-order valence-corrected chi connectivity index (χ2v) is 20.0. The summed E-state index contributed by atoms with van der Waals surface area (Å²) in [5.74, 6) is -12.3. The Kier molecular flexibility index (Phi) is 26.0. The number of primary amides is 1. The van der Waals surface area contributed by atoms with E-state index in [1.807, 2.05) is 18.2 Å². The largest absolute Gasteiger partial charge is 0.481 e. The summed E-state index contributed by atoms with van der Waals surface area (Å²) in [5.41, 5.74) is 19.3. The number of aliphatic carboxylic acids is 2. The number of carbonyl (C=O) groups is 11. The van der Waals surface area contributed by atoms with Crippen LogP contribution in [0.3, 0.4) is 0 Å². The molecule has 4 aromatic rings. The summed E-state index contributed by atoms with van der Waals surface area (Å²) in [6, 6.07) is 0.328. The highest BCUT2D eigenvalue weighted by Crippen LogP contribution is 2.21. The van der Waals surface area contributed by atoms with Gasteiger partial charge in [0.1, 0.15) is 48.3 Å². The first-order chi connectivity index (χ1) is 38.5. The predicted octanol–water partition coefficient (Wildman–Crippen LogP) is -3.45. The van der Waals surface area contributed by atoms with Gasteiger partial charge in [-0.1, -0.05) is 50.2 Å². The summed E-state index contributed by atoms with van der Waals surface area (Å²) >= 11 is 4.12. The van der Waals surface area contributed by atoms with Crippen LogP contribution >= 0.6 is 12.6 Å². The molecule has 0 aliphatic heterocycles. The van der Waals surface area contributed by atoms with Gasteiger partial charge in [-0.05, 0) is 67.8 Å². The van der Waals surface area contributed by atoms with Crippen LogP contribution in [0.25, 0.3) is 21.8 Å². The number of fused-ring (bicyclic) bond motifs is 2. The van der Waals surface area contributed by atoms with Gasteiger partial charge < -0.3 is 90.1 Å². The molecule has 2 heterocycles. The molecule has 0 radical (unpaired) electrons. The van der Waals surface area contributed by atoms with Crippen molar-refractivity contribution in [1.82, 2.24) is 52.5 Å². The van der Waals surface area contributed by atoms with Crippen LogP contribution in [0.1, 0.15) is 69.9 Å². The molecule has 4 rings (SSSR count). The first-order valence-corrected chi connectivity index (χ1v) is 26.7. The summed E-state index contributed by atoms with van der Waals surface area (Å²) in [5, 5.41) is 60.4. The molecule has 0 saturated carbocycles. The maximum Gasteiger partial charge on any atom is 0.326 e. The Bertz CT molecular complexity index is 2860. The monoisotopic (exact) mass is 1150 g/mol. The van der Waals surface area contributed by atoms with Gasteiger partial charge >= 0.3 is 11.9 Å². The van der Waals surface area contributed by atoms with E-state index in [1.54, 1.807) is 56.6 Å². The number of hydrogen-bond acceptors (Lipinski definition) is 16. The molecule has 81 heavy (non-hydrogen) atoms. The van der Waals surface area contributed by atoms with E-state index in [1.165, 1.54) is 0 Å². The molecule has 28 nitrogen and oxygen atoms in total. The van der Waals surface area contributed by atoms with Crippen molar-refractivity contribution in [2.24, 2.45) is 23.1 Å². The number of nitrogens with two attached hydrogens (primary N) is 3. The van der Waals surface area contributed by atoms with E-state index in [-0.39, 0.29) is 50.3 Å². The number of rotatable bonds is 35. The van der Waals surface area contributed by atoms with Crippen molar-refractivity contribution in [2.45, 2.75) is 126 Å². The first-order valence-electron chi connectivity index (χ1n) is 26.0. The van der Waals surface area contributed by atoms with Crippen LogP contribution in [0.4, 0.5) is 0 Å². The Hall–Kier alpha value is -8.12. The Morgan fingerprint density at radius 1 is 0.531 bits per heavy atom. The third kappa shape index (κ3) is 20.2. The second kappa shape index (κ2) is 32.2. The fourth-order valence-electron chi connectivity index (χ4n) is 8.49. The maximum absolute atomic E-state index is 14.5. The lowest BCUT2D eigenvalue weighted by atomic mass is 9.99. The Morgan fingerprint density at radius 2 is 0.914 bits per heavy atom. The number of carboxylic acid groups (broad SMARTS) is 2. The van der Waals surface area contributed by atoms with E-state index in [0.717, 1.165) is 10.9 Å². The van der Waals surface area contributed by atoms with Gasteiger partial charge in [0, 0.05) is 65.6 Å². The number of aromatic nitrogens is 2. The smallest absolute Gasteiger partial charge is 0.326 e. The fraction of sp³-hybridized carbons (Fsp3) is 0.481. The third-order valence-corrected chi connectivity index (χ3v) is 13.3. The Morgan fingerprint density at radius 3 is 1.33 bits per heavy atom. The van der Waals surface area contributed by atoms with Gasteiger partial charge in [-0.2, -0.15) is 12.6 Å². The normalized spacial score (nSPS) is 14.6. The van der Waals surface area contributed by atoms with E-state index in [4.69, 9.17) is 17.2 Å². The highest BCUT2D eigenvalue weighted by molar-refractivity contribution is 7.80. The van der Waals surface area contributed by atoms with Crippen molar-refractivity contribution in [3.8, 4) is 0 Å². The third-order valence-electron chi connectivity index (χ3n) is 12.9. The minimum atomic E-state index is -1.90. The van der Waals surface area contributed by atoms with E-state index < -0.39 is 158 Å². The van der Waals surface area contributed by atoms with Gasteiger partial charge in [-0.25, -0.2) is 4.79 Å². The van der Waals surface area contributed by atoms with Gasteiger partial charge in [0.25, 0.3) is 0 Å². The molecule has 0 spiro atoms. The van der Waals surface area contributed by atoms with E-state index in [2.05, 4.69) is 65.1 Å². The molecule has 9 atom stereocenters. The van der Waals surface area contributed by atoms with Crippen molar-refractivity contribution in [2.75, 3.05) is 25.5 Å². The number of thiol groups is 1. The van der Waals surface area contributed by atoms with Crippen molar-refractivity contribution < 1.29 is 73.2 Å². The average Bonchev–Trinajstić information content (AvgIpc) is 4.04. The number of aliphatic hydroxyl groups is 2. The summed E-state index contributed by atoms with van der Waals surface area (Å²) < 4.78 is 0. The van der Waals surface area contributed by atoms with Crippen LogP contribution in [0.15, 0.2) is 60.9 Å². The van der Waals surface area contributed by atoms with Gasteiger partial charge in [0.2, 0.25) is 53.2 Å². The lowest BCUT2D eigenvalue weighted by Gasteiger charge is -2.28. The molecule has 2 aromatic carbocycles. The van der Waals surface area contributed by atoms with Gasteiger partial charge in [0.15, 0.2) is 0 Å². The number of aromatic amines is 2. The number of hydrogen-bond donors (Lipinski definition) is 18. The molecular weight excluding hydrogens is 1080 g/mol. The Labute approximate surface area is 470 Å². The quantitative estimate of drug-likeness (QED) is 0.0199. The molecule has 0 bridgehead atoms. The van der Waals surface area contributed by atoms with Gasteiger partial charge in [-0.15, -0.1) is 0 Å². The SMILES string of the molecule is CC(C)C[C@H](NC(=O)[C@H](Cc1c[nH]c2ccccc12)NC(=O)[C@@H](N)CS)C(=O)N[C@@H](Cc1c[nH]c2ccccc12)C(=O)N[C@@H](CO)C(=O)N[C@@H](CCC(=O)O)C(=O)N[C@@H](CCC(N)=O)C(=O)N[C@@H](CO)C(=O)N[C@@H](CCCN)C(=O)O. The summed E-state index contributed by atoms with van der Waals surface area (Å²) in [7, 11) is 0. The number of benzene rings is 2. The summed E-state index contributed by atoms with van der Waals surface area (Å²) in [6.07, 6.45) is 0.636. The van der Waals surface area contributed by atoms with Crippen molar-refractivity contribution in [3.05, 3.63) is 72.1 Å². The van der Waals surface area contributed by atoms with Crippen LogP contribution < -0.4 is 59.7 Å². The van der Waals surface area contributed by atoms with Crippen molar-refractivity contribution >= 4 is 99.5 Å². The standard InChI is InChI=1S/C52H73N13O15S/c1-26(2)18-37(62-48(75)38(61-44(71)31(54)25-81)19-27-21-56-32-10-5-3-8-29(27)32)47(74)63-39(20-28-22-57-33-11-6-4-9-30(28)33)49(76)65-40(23-66)50(77)59-35(14-16-43(69)70)45(72)58-34(13-15-42(55)68)46(73)64-41(24-67)51(78)60-36(52(79)80)12-7-17-53/h3-6,8-11,21-22,26,31,34-41,56-57,66-67,81H,7,12-20,23-25,53-54H2,1-2H3,(H2,55,68)(H,58,72)(H,59,77)(H,60,78)(H,61,71)(H,62,75)(H,63,74)(H,64,73)(H,65,76)(H,69,70)(H,79,80)/t31-,34-,35-,36-,37-,38-,39-,40-,41-/m0/s1. The van der Waals surface area contributed by atoms with Crippen LogP contribution in [-0.2, 0) is 65.6 Å². The topological polar surface area (TPSA) is 475 Å². The van der Waals surface area contributed by atoms with Crippen molar-refractivity contribution in [1.29, 1.82) is 0 Å². The van der Waals surface area contributed by atoms with Crippen LogP contribution in [-0.4, -0.2) is 175 Å². The van der Waals surface area contributed by atoms with Gasteiger partial charge in [0.05, 0.1) is 19.3 Å². The summed E-state index contributed by atoms with van der Waals surface area (Å²) in [6.45, 7) is 1.46. The average molecular weight is 1150 g/mol. The minimum absolute atomic E-state index is 0.0234. The molecule has 9 amide bonds. The number of aliphatic hydroxyl groups excluding tert-OH is 2. The highest BCUT2D eigenvalue weighted by Gasteiger charge is 2.36. The maximum atomic E-state index is 14.5. The Balaban J connectivity index is 1.60. The number of carbonyl (C=O) groups excluding carboxylic acids is 9. The molecule has 0 aliphatic rings. The molecule has 2 aromatic heterocycles. The predicted molar refractivity (Wildman–Crippen MR) is 296 cm³/mol. The minimum Gasteiger partial charge on any atom is -0.481 e. The number of H-pyrrole nitrogens is 2. The fourth-order valence-corrected chi connectivity index (χ4v) is 8.66. The second-order valence-electron chi connectivity index (χ2n) is 19.6. The zero-order chi connectivity index (χ0) is 59.9. The number of nitrogens with one attached hydrogen (secondary N) is 10. The van der Waals surface area contributed by atoms with Crippen molar-refractivity contribution in [3.63, 3.8) is 0 Å². The molecule has 0 saturated heterocycles. The lowest BCUT2D eigenvalue weighted by Crippen LogP contribution is -2.61. The van der Waals surface area contributed by atoms with E-state index in [0.29, 0.717) is 22.0 Å². The molecule has 442 valence electrons. The van der Waals surface area contributed by atoms with E-state index in [9.17, 15) is 73.2 Å². The molecule has 29 heteroatoms. The zero-order valence-corrected chi connectivity index (χ0v) is 45.6. The van der Waals surface area contributed by atoms with E-state index >= 15 is 0 Å². The van der Waals surface area contributed by atoms with Crippen LogP contribution in [0, 0.1) is 5.92 Å². The number of carboxylic acids is 2. The lowest BCUT2D eigenvalue weighted by molar-refractivity contribution is -0.143. The molecule has 0 aliphatic carbocycles. The molecule has 0 fully saturated rings. The van der Waals surface area contributed by atoms with Crippen LogP contribution in [0.5, 0.6) is 0 Å². The zero-order valence-electron chi connectivity index (χ0n) is 44.7. The number of para-hydroxylation sites is 2. The highest BCUT2D eigenvalue weighted by atomic mass is 32.1. The van der Waals surface area contributed by atoms with Gasteiger partial charge in [-0.3, -0.25) is 47.9 Å². The molecule has 0 unspecified atom stereocenters. The number of amides is 9. The molecule has 20 N–H and O–H groups in total. The molecular formula is C52H73N13O15S.